The summed E-state index contributed by atoms with van der Waals surface area (Å²) in [6, 6.07) is 21.7. The van der Waals surface area contributed by atoms with E-state index in [-0.39, 0.29) is 17.8 Å². The van der Waals surface area contributed by atoms with Crippen LogP contribution in [0.15, 0.2) is 66.7 Å². The molecular weight excluding hydrogens is 530 g/mol. The van der Waals surface area contributed by atoms with Crippen molar-refractivity contribution in [3.63, 3.8) is 0 Å². The summed E-state index contributed by atoms with van der Waals surface area (Å²) in [5.74, 6) is 2.52. The number of fused-ring (bicyclic) bond motifs is 1. The normalized spacial score (nSPS) is 25.8. The van der Waals surface area contributed by atoms with Crippen LogP contribution in [0.2, 0.25) is 0 Å². The molecule has 4 bridgehead atoms. The predicted octanol–water partition coefficient (Wildman–Crippen LogP) is 6.04. The maximum atomic E-state index is 13.9. The Hall–Kier alpha value is -4.33. The largest absolute Gasteiger partial charge is 0.496 e. The van der Waals surface area contributed by atoms with Crippen molar-refractivity contribution in [2.45, 2.75) is 37.6 Å². The highest BCUT2D eigenvalue weighted by molar-refractivity contribution is 5.96. The molecule has 0 atom stereocenters. The van der Waals surface area contributed by atoms with Gasteiger partial charge in [0.1, 0.15) is 11.5 Å². The van der Waals surface area contributed by atoms with E-state index < -0.39 is 5.54 Å². The SMILES string of the molecule is COC(=O)C1(N(C=O)c2cc(-c3c(OC)cccc3OC)n(-c3cccc4ccccc34)n2)C2CC3CC(C2)CC1C3. The molecule has 42 heavy (non-hydrogen) atoms. The number of hydrogen-bond acceptors (Lipinski definition) is 6. The zero-order chi connectivity index (χ0) is 29.0. The lowest BCUT2D eigenvalue weighted by Gasteiger charge is -2.61. The topological polar surface area (TPSA) is 82.9 Å². The van der Waals surface area contributed by atoms with Gasteiger partial charge in [-0.3, -0.25) is 9.69 Å². The van der Waals surface area contributed by atoms with Crippen LogP contribution >= 0.6 is 0 Å². The third-order valence-electron chi connectivity index (χ3n) is 10.0. The van der Waals surface area contributed by atoms with Gasteiger partial charge in [-0.05, 0) is 79.4 Å². The molecule has 0 N–H and O–H groups in total. The number of amides is 1. The van der Waals surface area contributed by atoms with Gasteiger partial charge in [0.15, 0.2) is 11.4 Å². The fourth-order valence-electron chi connectivity index (χ4n) is 8.57. The third kappa shape index (κ3) is 3.77. The first-order valence-electron chi connectivity index (χ1n) is 14.7. The Labute approximate surface area is 245 Å². The van der Waals surface area contributed by atoms with Gasteiger partial charge in [-0.1, -0.05) is 42.5 Å². The molecule has 8 rings (SSSR count). The maximum Gasteiger partial charge on any atom is 0.332 e. The van der Waals surface area contributed by atoms with Crippen molar-refractivity contribution < 1.29 is 23.8 Å². The van der Waals surface area contributed by atoms with Gasteiger partial charge < -0.3 is 14.2 Å². The van der Waals surface area contributed by atoms with Crippen molar-refractivity contribution >= 4 is 29.0 Å². The minimum absolute atomic E-state index is 0.0263. The number of aromatic nitrogens is 2. The van der Waals surface area contributed by atoms with Crippen LogP contribution in [0.3, 0.4) is 0 Å². The molecule has 0 saturated heterocycles. The van der Waals surface area contributed by atoms with Gasteiger partial charge in [0.05, 0.1) is 38.3 Å². The highest BCUT2D eigenvalue weighted by Gasteiger charge is 2.65. The molecule has 4 fully saturated rings. The minimum atomic E-state index is -1.09. The van der Waals surface area contributed by atoms with Crippen LogP contribution in [-0.4, -0.2) is 49.0 Å². The number of carbonyl (C=O) groups excluding carboxylic acids is 2. The fourth-order valence-corrected chi connectivity index (χ4v) is 8.57. The Morgan fingerprint density at radius 2 is 1.50 bits per heavy atom. The molecule has 0 unspecified atom stereocenters. The van der Waals surface area contributed by atoms with E-state index in [9.17, 15) is 9.59 Å². The number of benzene rings is 3. The lowest BCUT2D eigenvalue weighted by atomic mass is 9.48. The first-order valence-corrected chi connectivity index (χ1v) is 14.7. The lowest BCUT2D eigenvalue weighted by Crippen LogP contribution is -2.70. The van der Waals surface area contributed by atoms with Crippen molar-refractivity contribution in [2.75, 3.05) is 26.2 Å². The van der Waals surface area contributed by atoms with E-state index in [1.807, 2.05) is 53.2 Å². The van der Waals surface area contributed by atoms with Crippen molar-refractivity contribution in [1.29, 1.82) is 0 Å². The van der Waals surface area contributed by atoms with E-state index >= 15 is 0 Å². The van der Waals surface area contributed by atoms with Crippen molar-refractivity contribution in [3.05, 3.63) is 66.7 Å². The Morgan fingerprint density at radius 1 is 0.881 bits per heavy atom. The molecule has 4 aromatic rings. The highest BCUT2D eigenvalue weighted by atomic mass is 16.5. The lowest BCUT2D eigenvalue weighted by molar-refractivity contribution is -0.165. The summed E-state index contributed by atoms with van der Waals surface area (Å²) in [6.07, 6.45) is 5.69. The second-order valence-electron chi connectivity index (χ2n) is 11.9. The van der Waals surface area contributed by atoms with Gasteiger partial charge >= 0.3 is 5.97 Å². The molecule has 8 heteroatoms. The van der Waals surface area contributed by atoms with Gasteiger partial charge in [0.2, 0.25) is 6.41 Å². The summed E-state index contributed by atoms with van der Waals surface area (Å²) in [4.78, 5) is 28.7. The number of esters is 1. The molecule has 0 aliphatic heterocycles. The Kier molecular flexibility index (Phi) is 6.44. The maximum absolute atomic E-state index is 13.9. The Bertz CT molecular complexity index is 1620. The van der Waals surface area contributed by atoms with Crippen molar-refractivity contribution in [1.82, 2.24) is 9.78 Å². The van der Waals surface area contributed by atoms with Crippen LogP contribution in [0.25, 0.3) is 27.7 Å². The first kappa shape index (κ1) is 26.6. The van der Waals surface area contributed by atoms with Gasteiger partial charge in [-0.2, -0.15) is 0 Å². The molecule has 3 aromatic carbocycles. The smallest absolute Gasteiger partial charge is 0.332 e. The summed E-state index contributed by atoms with van der Waals surface area (Å²) >= 11 is 0. The molecule has 4 aliphatic carbocycles. The molecular formula is C34H35N3O5. The van der Waals surface area contributed by atoms with E-state index in [0.29, 0.717) is 40.4 Å². The molecule has 0 spiro atoms. The molecule has 1 heterocycles. The predicted molar refractivity (Wildman–Crippen MR) is 160 cm³/mol. The Morgan fingerprint density at radius 3 is 2.12 bits per heavy atom. The van der Waals surface area contributed by atoms with Crippen LogP contribution in [0.4, 0.5) is 5.82 Å². The average Bonchev–Trinajstić information content (AvgIpc) is 3.45. The van der Waals surface area contributed by atoms with Gasteiger partial charge in [0, 0.05) is 11.5 Å². The monoisotopic (exact) mass is 565 g/mol. The summed E-state index contributed by atoms with van der Waals surface area (Å²) in [6.45, 7) is 0. The summed E-state index contributed by atoms with van der Waals surface area (Å²) in [5, 5.41) is 7.18. The zero-order valence-corrected chi connectivity index (χ0v) is 24.2. The summed E-state index contributed by atoms with van der Waals surface area (Å²) < 4.78 is 19.0. The van der Waals surface area contributed by atoms with E-state index in [2.05, 4.69) is 18.2 Å². The zero-order valence-electron chi connectivity index (χ0n) is 24.2. The Balaban J connectivity index is 1.49. The first-order chi connectivity index (χ1) is 20.5. The molecule has 4 aliphatic rings. The molecule has 1 aromatic heterocycles. The molecule has 0 radical (unpaired) electrons. The molecule has 8 nitrogen and oxygen atoms in total. The van der Waals surface area contributed by atoms with Crippen LogP contribution < -0.4 is 14.4 Å². The number of hydrogen-bond donors (Lipinski definition) is 0. The quantitative estimate of drug-likeness (QED) is 0.191. The van der Waals surface area contributed by atoms with Crippen LogP contribution in [0.5, 0.6) is 11.5 Å². The van der Waals surface area contributed by atoms with Crippen molar-refractivity contribution in [3.8, 4) is 28.4 Å². The van der Waals surface area contributed by atoms with E-state index in [0.717, 1.165) is 48.6 Å². The number of nitrogens with zero attached hydrogens (tertiary/aromatic N) is 3. The number of carbonyl (C=O) groups is 2. The van der Waals surface area contributed by atoms with Gasteiger partial charge in [0.25, 0.3) is 0 Å². The second-order valence-corrected chi connectivity index (χ2v) is 11.9. The van der Waals surface area contributed by atoms with Crippen LogP contribution in [0.1, 0.15) is 32.1 Å². The number of anilines is 1. The number of rotatable bonds is 8. The average molecular weight is 566 g/mol. The molecule has 4 saturated carbocycles. The summed E-state index contributed by atoms with van der Waals surface area (Å²) in [5.41, 5.74) is 1.14. The standard InChI is InChI=1S/C34H35N3O5/c1-40-29-12-7-13-30(41-2)32(29)28-19-31(35-37(28)27-11-6-9-23-8-4-5-10-26(23)27)36(20-38)34(33(39)42-3)24-15-21-14-22(17-24)18-25(34)16-21/h4-13,19-22,24-25H,14-18H2,1-3H3. The van der Waals surface area contributed by atoms with Gasteiger partial charge in [-0.25, -0.2) is 9.48 Å². The number of ether oxygens (including phenoxy) is 3. The van der Waals surface area contributed by atoms with Crippen molar-refractivity contribution in [2.24, 2.45) is 23.7 Å². The second kappa shape index (κ2) is 10.2. The number of methoxy groups -OCH3 is 3. The molecule has 216 valence electrons. The van der Waals surface area contributed by atoms with Gasteiger partial charge in [-0.15, -0.1) is 5.10 Å². The molecule has 1 amide bonds. The van der Waals surface area contributed by atoms with E-state index in [1.165, 1.54) is 13.5 Å². The minimum Gasteiger partial charge on any atom is -0.496 e. The fraction of sp³-hybridized carbons (Fsp3) is 0.382. The third-order valence-corrected chi connectivity index (χ3v) is 10.0. The highest BCUT2D eigenvalue weighted by Crippen LogP contribution is 2.61. The van der Waals surface area contributed by atoms with E-state index in [4.69, 9.17) is 19.3 Å². The van der Waals surface area contributed by atoms with Crippen LogP contribution in [0, 0.1) is 23.7 Å². The van der Waals surface area contributed by atoms with Crippen LogP contribution in [-0.2, 0) is 14.3 Å². The summed E-state index contributed by atoms with van der Waals surface area (Å²) in [7, 11) is 4.67. The van der Waals surface area contributed by atoms with E-state index in [1.54, 1.807) is 19.1 Å².